The van der Waals surface area contributed by atoms with Crippen LogP contribution in [0.4, 0.5) is 0 Å². The summed E-state index contributed by atoms with van der Waals surface area (Å²) in [5.74, 6) is 0. The van der Waals surface area contributed by atoms with Crippen LogP contribution in [-0.2, 0) is 9.47 Å². The van der Waals surface area contributed by atoms with Gasteiger partial charge in [0.2, 0.25) is 0 Å². The van der Waals surface area contributed by atoms with Crippen molar-refractivity contribution in [3.63, 3.8) is 0 Å². The monoisotopic (exact) mass is 326 g/mol. The first-order chi connectivity index (χ1) is 11.9. The molecule has 2 atom stereocenters. The molecule has 24 heavy (non-hydrogen) atoms. The van der Waals surface area contributed by atoms with Crippen molar-refractivity contribution in [2.75, 3.05) is 39.5 Å². The molecule has 0 bridgehead atoms. The van der Waals surface area contributed by atoms with Gasteiger partial charge >= 0.3 is 0 Å². The van der Waals surface area contributed by atoms with E-state index in [9.17, 15) is 0 Å². The average molecular weight is 326 g/mol. The molecule has 1 saturated heterocycles. The van der Waals surface area contributed by atoms with Gasteiger partial charge in [-0.05, 0) is 11.1 Å². The number of hydrogen-bond acceptors (Lipinski definition) is 4. The Morgan fingerprint density at radius 1 is 0.583 bits per heavy atom. The summed E-state index contributed by atoms with van der Waals surface area (Å²) < 4.78 is 11.2. The Hall–Kier alpha value is -1.72. The van der Waals surface area contributed by atoms with E-state index in [2.05, 4.69) is 71.3 Å². The smallest absolute Gasteiger partial charge is 0.0701 e. The highest BCUT2D eigenvalue weighted by molar-refractivity contribution is 5.27. The molecule has 0 aliphatic carbocycles. The van der Waals surface area contributed by atoms with E-state index in [0.717, 1.165) is 13.1 Å². The van der Waals surface area contributed by atoms with Crippen molar-refractivity contribution in [1.82, 2.24) is 10.6 Å². The molecule has 4 heteroatoms. The average Bonchev–Trinajstić information content (AvgIpc) is 2.64. The molecule has 2 N–H and O–H groups in total. The Labute approximate surface area is 144 Å². The van der Waals surface area contributed by atoms with Crippen LogP contribution in [0.15, 0.2) is 60.7 Å². The maximum atomic E-state index is 5.62. The molecule has 0 radical (unpaired) electrons. The van der Waals surface area contributed by atoms with Gasteiger partial charge in [0.15, 0.2) is 0 Å². The fourth-order valence-corrected chi connectivity index (χ4v) is 3.07. The van der Waals surface area contributed by atoms with Crippen molar-refractivity contribution in [3.8, 4) is 0 Å². The quantitative estimate of drug-likeness (QED) is 0.890. The van der Waals surface area contributed by atoms with E-state index in [1.807, 2.05) is 0 Å². The summed E-state index contributed by atoms with van der Waals surface area (Å²) in [6.45, 7) is 4.30. The van der Waals surface area contributed by atoms with E-state index < -0.39 is 0 Å². The molecular formula is C20H26N2O2. The molecule has 3 rings (SSSR count). The van der Waals surface area contributed by atoms with Gasteiger partial charge in [-0.15, -0.1) is 0 Å². The molecular weight excluding hydrogens is 300 g/mol. The topological polar surface area (TPSA) is 42.5 Å². The summed E-state index contributed by atoms with van der Waals surface area (Å²) >= 11 is 0. The summed E-state index contributed by atoms with van der Waals surface area (Å²) in [6.07, 6.45) is 0. The summed E-state index contributed by atoms with van der Waals surface area (Å²) in [7, 11) is 0. The van der Waals surface area contributed by atoms with Crippen LogP contribution in [0.25, 0.3) is 0 Å². The predicted molar refractivity (Wildman–Crippen MR) is 96.0 cm³/mol. The molecule has 0 spiro atoms. The van der Waals surface area contributed by atoms with Crippen LogP contribution in [0, 0.1) is 0 Å². The van der Waals surface area contributed by atoms with E-state index in [0.29, 0.717) is 26.4 Å². The first-order valence-electron chi connectivity index (χ1n) is 8.67. The van der Waals surface area contributed by atoms with Gasteiger partial charge in [0.1, 0.15) is 0 Å². The Morgan fingerprint density at radius 3 is 1.42 bits per heavy atom. The number of benzene rings is 2. The fourth-order valence-electron chi connectivity index (χ4n) is 3.07. The van der Waals surface area contributed by atoms with Crippen molar-refractivity contribution in [1.29, 1.82) is 0 Å². The Morgan fingerprint density at radius 2 is 1.00 bits per heavy atom. The third-order valence-corrected chi connectivity index (χ3v) is 4.24. The highest BCUT2D eigenvalue weighted by Crippen LogP contribution is 2.28. The van der Waals surface area contributed by atoms with Crippen LogP contribution in [-0.4, -0.2) is 39.5 Å². The summed E-state index contributed by atoms with van der Waals surface area (Å²) in [4.78, 5) is 0. The summed E-state index contributed by atoms with van der Waals surface area (Å²) in [5, 5.41) is 7.35. The summed E-state index contributed by atoms with van der Waals surface area (Å²) in [5.41, 5.74) is 2.55. The third kappa shape index (κ3) is 4.89. The normalized spacial score (nSPS) is 23.8. The number of nitrogens with one attached hydrogen (secondary N) is 2. The van der Waals surface area contributed by atoms with Gasteiger partial charge in [-0.25, -0.2) is 0 Å². The first kappa shape index (κ1) is 17.1. The van der Waals surface area contributed by atoms with Gasteiger partial charge in [-0.3, -0.25) is 0 Å². The molecule has 2 aromatic rings. The second kappa shape index (κ2) is 9.55. The van der Waals surface area contributed by atoms with Crippen molar-refractivity contribution >= 4 is 0 Å². The standard InChI is InChI=1S/C20H26N2O2/c1-3-7-17(8-4-1)19-20(18-9-5-2-6-10-18)22-12-14-24-16-15-23-13-11-21-19/h1-10,19-22H,11-16H2/t19-,20-/m1/s1. The van der Waals surface area contributed by atoms with Crippen molar-refractivity contribution < 1.29 is 9.47 Å². The van der Waals surface area contributed by atoms with E-state index in [4.69, 9.17) is 9.47 Å². The Bertz CT molecular complexity index is 523. The SMILES string of the molecule is c1ccc([C@H]2NCCOCCOCCN[C@@H]2c2ccccc2)cc1. The second-order valence-corrected chi connectivity index (χ2v) is 5.91. The highest BCUT2D eigenvalue weighted by atomic mass is 16.5. The minimum atomic E-state index is 0.177. The van der Waals surface area contributed by atoms with Crippen molar-refractivity contribution in [2.24, 2.45) is 0 Å². The lowest BCUT2D eigenvalue weighted by Crippen LogP contribution is -2.38. The largest absolute Gasteiger partial charge is 0.378 e. The van der Waals surface area contributed by atoms with Gasteiger partial charge in [0.25, 0.3) is 0 Å². The van der Waals surface area contributed by atoms with Crippen LogP contribution in [0.2, 0.25) is 0 Å². The lowest BCUT2D eigenvalue weighted by atomic mass is 9.93. The third-order valence-electron chi connectivity index (χ3n) is 4.24. The molecule has 4 nitrogen and oxygen atoms in total. The minimum Gasteiger partial charge on any atom is -0.378 e. The Kier molecular flexibility index (Phi) is 6.81. The molecule has 0 unspecified atom stereocenters. The van der Waals surface area contributed by atoms with E-state index >= 15 is 0 Å². The molecule has 1 aliphatic heterocycles. The molecule has 1 fully saturated rings. The molecule has 0 amide bonds. The zero-order valence-corrected chi connectivity index (χ0v) is 14.0. The van der Waals surface area contributed by atoms with Crippen LogP contribution in [0.1, 0.15) is 23.2 Å². The van der Waals surface area contributed by atoms with E-state index in [-0.39, 0.29) is 12.1 Å². The van der Waals surface area contributed by atoms with Gasteiger partial charge < -0.3 is 20.1 Å². The van der Waals surface area contributed by atoms with Crippen LogP contribution in [0.3, 0.4) is 0 Å². The second-order valence-electron chi connectivity index (χ2n) is 5.91. The predicted octanol–water partition coefficient (Wildman–Crippen LogP) is 2.70. The van der Waals surface area contributed by atoms with Crippen molar-refractivity contribution in [3.05, 3.63) is 71.8 Å². The lowest BCUT2D eigenvalue weighted by molar-refractivity contribution is 0.0447. The van der Waals surface area contributed by atoms with Crippen LogP contribution in [0.5, 0.6) is 0 Å². The van der Waals surface area contributed by atoms with Gasteiger partial charge in [0, 0.05) is 13.1 Å². The van der Waals surface area contributed by atoms with Gasteiger partial charge in [-0.1, -0.05) is 60.7 Å². The zero-order valence-electron chi connectivity index (χ0n) is 14.0. The molecule has 128 valence electrons. The highest BCUT2D eigenvalue weighted by Gasteiger charge is 2.24. The molecule has 1 heterocycles. The molecule has 0 aromatic heterocycles. The van der Waals surface area contributed by atoms with E-state index in [1.165, 1.54) is 11.1 Å². The van der Waals surface area contributed by atoms with Gasteiger partial charge in [-0.2, -0.15) is 0 Å². The number of ether oxygens (including phenoxy) is 2. The van der Waals surface area contributed by atoms with Crippen LogP contribution < -0.4 is 10.6 Å². The minimum absolute atomic E-state index is 0.177. The van der Waals surface area contributed by atoms with Gasteiger partial charge in [0.05, 0.1) is 38.5 Å². The lowest BCUT2D eigenvalue weighted by Gasteiger charge is -2.30. The molecule has 0 saturated carbocycles. The van der Waals surface area contributed by atoms with E-state index in [1.54, 1.807) is 0 Å². The van der Waals surface area contributed by atoms with Crippen molar-refractivity contribution in [2.45, 2.75) is 12.1 Å². The summed E-state index contributed by atoms with van der Waals surface area (Å²) in [6, 6.07) is 21.6. The molecule has 2 aromatic carbocycles. The zero-order chi connectivity index (χ0) is 16.5. The number of rotatable bonds is 2. The maximum Gasteiger partial charge on any atom is 0.0701 e. The van der Waals surface area contributed by atoms with Crippen LogP contribution >= 0.6 is 0 Å². The number of hydrogen-bond donors (Lipinski definition) is 2. The maximum absolute atomic E-state index is 5.62. The fraction of sp³-hybridized carbons (Fsp3) is 0.400. The molecule has 1 aliphatic rings. The Balaban J connectivity index is 1.86. The first-order valence-corrected chi connectivity index (χ1v) is 8.67.